The van der Waals surface area contributed by atoms with E-state index in [2.05, 4.69) is 10.2 Å². The summed E-state index contributed by atoms with van der Waals surface area (Å²) in [5.41, 5.74) is -0.258. The van der Waals surface area contributed by atoms with Gasteiger partial charge in [0.05, 0.1) is 10.6 Å². The SMILES string of the molecule is O=c1[nH]nc(SCCS(=O)(=O)c2ccc(F)cc2)n1C1CC1. The van der Waals surface area contributed by atoms with Gasteiger partial charge in [0, 0.05) is 11.8 Å². The standard InChI is InChI=1S/C13H14FN3O3S2/c14-9-1-5-11(6-2-9)22(19,20)8-7-21-13-16-15-12(18)17(13)10-3-4-10/h1-2,5-6,10H,3-4,7-8H2,(H,15,18). The molecule has 1 saturated carbocycles. The first-order chi connectivity index (χ1) is 10.5. The van der Waals surface area contributed by atoms with Crippen LogP contribution in [-0.2, 0) is 9.84 Å². The van der Waals surface area contributed by atoms with Crippen molar-refractivity contribution < 1.29 is 12.8 Å². The zero-order chi connectivity index (χ0) is 15.7. The van der Waals surface area contributed by atoms with Crippen LogP contribution in [0.25, 0.3) is 0 Å². The van der Waals surface area contributed by atoms with Crippen molar-refractivity contribution >= 4 is 21.6 Å². The van der Waals surface area contributed by atoms with Crippen LogP contribution in [0.3, 0.4) is 0 Å². The molecular weight excluding hydrogens is 329 g/mol. The Kier molecular flexibility index (Phi) is 4.09. The van der Waals surface area contributed by atoms with Gasteiger partial charge in [0.15, 0.2) is 15.0 Å². The van der Waals surface area contributed by atoms with Gasteiger partial charge in [0.1, 0.15) is 5.82 Å². The molecule has 1 aliphatic carbocycles. The Labute approximate surface area is 130 Å². The van der Waals surface area contributed by atoms with Crippen LogP contribution in [0.5, 0.6) is 0 Å². The maximum atomic E-state index is 12.8. The summed E-state index contributed by atoms with van der Waals surface area (Å²) in [6.07, 6.45) is 1.89. The van der Waals surface area contributed by atoms with E-state index >= 15 is 0 Å². The second-order valence-electron chi connectivity index (χ2n) is 5.03. The van der Waals surface area contributed by atoms with Crippen molar-refractivity contribution in [2.75, 3.05) is 11.5 Å². The van der Waals surface area contributed by atoms with Crippen LogP contribution >= 0.6 is 11.8 Å². The topological polar surface area (TPSA) is 84.8 Å². The molecule has 22 heavy (non-hydrogen) atoms. The third kappa shape index (κ3) is 3.25. The number of nitrogens with zero attached hydrogens (tertiary/aromatic N) is 2. The Morgan fingerprint density at radius 2 is 2.00 bits per heavy atom. The molecule has 0 aliphatic heterocycles. The van der Waals surface area contributed by atoms with E-state index in [0.717, 1.165) is 25.0 Å². The molecule has 3 rings (SSSR count). The number of nitrogens with one attached hydrogen (secondary N) is 1. The van der Waals surface area contributed by atoms with E-state index in [1.807, 2.05) is 0 Å². The summed E-state index contributed by atoms with van der Waals surface area (Å²) < 4.78 is 38.7. The predicted octanol–water partition coefficient (Wildman–Crippen LogP) is 1.61. The summed E-state index contributed by atoms with van der Waals surface area (Å²) >= 11 is 1.23. The lowest BCUT2D eigenvalue weighted by atomic mass is 10.4. The number of halogens is 1. The van der Waals surface area contributed by atoms with Gasteiger partial charge in [-0.25, -0.2) is 22.7 Å². The second kappa shape index (κ2) is 5.88. The van der Waals surface area contributed by atoms with Gasteiger partial charge < -0.3 is 0 Å². The number of benzene rings is 1. The third-order valence-electron chi connectivity index (χ3n) is 3.34. The molecule has 0 atom stereocenters. The minimum Gasteiger partial charge on any atom is -0.267 e. The van der Waals surface area contributed by atoms with E-state index in [9.17, 15) is 17.6 Å². The average Bonchev–Trinajstić information content (AvgIpc) is 3.24. The first-order valence-electron chi connectivity index (χ1n) is 6.75. The van der Waals surface area contributed by atoms with E-state index in [1.165, 1.54) is 23.9 Å². The van der Waals surface area contributed by atoms with Crippen LogP contribution in [0.2, 0.25) is 0 Å². The van der Waals surface area contributed by atoms with Gasteiger partial charge in [-0.15, -0.1) is 5.10 Å². The van der Waals surface area contributed by atoms with Crippen molar-refractivity contribution in [1.29, 1.82) is 0 Å². The molecule has 2 aromatic rings. The lowest BCUT2D eigenvalue weighted by Crippen LogP contribution is -2.16. The number of thioether (sulfide) groups is 1. The Morgan fingerprint density at radius 1 is 1.32 bits per heavy atom. The van der Waals surface area contributed by atoms with Crippen LogP contribution in [0.1, 0.15) is 18.9 Å². The van der Waals surface area contributed by atoms with Crippen molar-refractivity contribution in [3.8, 4) is 0 Å². The molecule has 0 saturated heterocycles. The fourth-order valence-corrected chi connectivity index (χ4v) is 4.71. The molecule has 1 aromatic carbocycles. The van der Waals surface area contributed by atoms with Gasteiger partial charge in [0.2, 0.25) is 0 Å². The highest BCUT2D eigenvalue weighted by Gasteiger charge is 2.28. The molecule has 0 bridgehead atoms. The second-order valence-corrected chi connectivity index (χ2v) is 8.20. The summed E-state index contributed by atoms with van der Waals surface area (Å²) in [6.45, 7) is 0. The number of hydrogen-bond donors (Lipinski definition) is 1. The van der Waals surface area contributed by atoms with Crippen molar-refractivity contribution in [2.24, 2.45) is 0 Å². The van der Waals surface area contributed by atoms with E-state index in [0.29, 0.717) is 5.16 Å². The lowest BCUT2D eigenvalue weighted by Gasteiger charge is -2.05. The number of aromatic nitrogens is 3. The van der Waals surface area contributed by atoms with Crippen LogP contribution < -0.4 is 5.69 Å². The maximum absolute atomic E-state index is 12.8. The number of rotatable bonds is 6. The smallest absolute Gasteiger partial charge is 0.267 e. The number of aromatic amines is 1. The monoisotopic (exact) mass is 343 g/mol. The maximum Gasteiger partial charge on any atom is 0.344 e. The molecule has 118 valence electrons. The summed E-state index contributed by atoms with van der Waals surface area (Å²) in [4.78, 5) is 11.7. The minimum absolute atomic E-state index is 0.0936. The van der Waals surface area contributed by atoms with Gasteiger partial charge in [-0.3, -0.25) is 4.57 Å². The molecular formula is C13H14FN3O3S2. The summed E-state index contributed by atoms with van der Waals surface area (Å²) in [7, 11) is -3.47. The highest BCUT2D eigenvalue weighted by Crippen LogP contribution is 2.36. The predicted molar refractivity (Wildman–Crippen MR) is 80.3 cm³/mol. The van der Waals surface area contributed by atoms with E-state index < -0.39 is 15.7 Å². The summed E-state index contributed by atoms with van der Waals surface area (Å²) in [5, 5.41) is 6.83. The Hall–Kier alpha value is -1.61. The van der Waals surface area contributed by atoms with Crippen LogP contribution in [-0.4, -0.2) is 34.7 Å². The fourth-order valence-electron chi connectivity index (χ4n) is 2.05. The molecule has 1 N–H and O–H groups in total. The fraction of sp³-hybridized carbons (Fsp3) is 0.385. The van der Waals surface area contributed by atoms with Gasteiger partial charge in [-0.2, -0.15) is 0 Å². The first-order valence-corrected chi connectivity index (χ1v) is 9.39. The molecule has 1 aromatic heterocycles. The lowest BCUT2D eigenvalue weighted by molar-refractivity contribution is 0.596. The highest BCUT2D eigenvalue weighted by molar-refractivity contribution is 8.00. The number of hydrogen-bond acceptors (Lipinski definition) is 5. The normalized spacial score (nSPS) is 15.1. The quantitative estimate of drug-likeness (QED) is 0.636. The molecule has 1 fully saturated rings. The van der Waals surface area contributed by atoms with Crippen molar-refractivity contribution in [1.82, 2.24) is 14.8 Å². The summed E-state index contributed by atoms with van der Waals surface area (Å²) in [5.74, 6) is -0.301. The average molecular weight is 343 g/mol. The van der Waals surface area contributed by atoms with Crippen molar-refractivity contribution in [3.05, 3.63) is 40.6 Å². The minimum atomic E-state index is -3.47. The van der Waals surface area contributed by atoms with E-state index in [-0.39, 0.29) is 28.1 Å². The van der Waals surface area contributed by atoms with Crippen LogP contribution in [0.4, 0.5) is 4.39 Å². The van der Waals surface area contributed by atoms with Crippen molar-refractivity contribution in [3.63, 3.8) is 0 Å². The molecule has 1 heterocycles. The van der Waals surface area contributed by atoms with E-state index in [4.69, 9.17) is 0 Å². The van der Waals surface area contributed by atoms with Gasteiger partial charge in [-0.1, -0.05) is 11.8 Å². The van der Waals surface area contributed by atoms with Gasteiger partial charge >= 0.3 is 5.69 Å². The third-order valence-corrected chi connectivity index (χ3v) is 6.28. The van der Waals surface area contributed by atoms with Crippen LogP contribution in [0.15, 0.2) is 39.1 Å². The zero-order valence-electron chi connectivity index (χ0n) is 11.5. The largest absolute Gasteiger partial charge is 0.344 e. The molecule has 9 heteroatoms. The Morgan fingerprint density at radius 3 is 2.64 bits per heavy atom. The van der Waals surface area contributed by atoms with Crippen molar-refractivity contribution in [2.45, 2.75) is 28.9 Å². The molecule has 0 radical (unpaired) electrons. The first kappa shape index (κ1) is 15.3. The number of H-pyrrole nitrogens is 1. The van der Waals surface area contributed by atoms with Crippen LogP contribution in [0, 0.1) is 5.82 Å². The zero-order valence-corrected chi connectivity index (χ0v) is 13.2. The van der Waals surface area contributed by atoms with Gasteiger partial charge in [0.25, 0.3) is 0 Å². The molecule has 0 spiro atoms. The Bertz CT molecular complexity index is 823. The molecule has 0 amide bonds. The molecule has 0 unspecified atom stereocenters. The number of sulfone groups is 1. The Balaban J connectivity index is 1.65. The van der Waals surface area contributed by atoms with E-state index in [1.54, 1.807) is 4.57 Å². The summed E-state index contributed by atoms with van der Waals surface area (Å²) in [6, 6.07) is 4.94. The molecule has 6 nitrogen and oxygen atoms in total. The van der Waals surface area contributed by atoms with Gasteiger partial charge in [-0.05, 0) is 37.1 Å². The highest BCUT2D eigenvalue weighted by atomic mass is 32.2. The molecule has 1 aliphatic rings.